The van der Waals surface area contributed by atoms with E-state index in [4.69, 9.17) is 9.84 Å². The number of aliphatic carboxylic acids is 1. The summed E-state index contributed by atoms with van der Waals surface area (Å²) in [4.78, 5) is 27.2. The van der Waals surface area contributed by atoms with Gasteiger partial charge in [0, 0.05) is 11.3 Å². The van der Waals surface area contributed by atoms with Gasteiger partial charge in [-0.05, 0) is 26.7 Å². The zero-order valence-corrected chi connectivity index (χ0v) is 13.2. The number of hydrogen-bond donors (Lipinski definition) is 1. The number of ether oxygens (including phenoxy) is 1. The highest BCUT2D eigenvalue weighted by molar-refractivity contribution is 5.71. The van der Waals surface area contributed by atoms with Crippen molar-refractivity contribution in [2.45, 2.75) is 59.6 Å². The third kappa shape index (κ3) is 4.67. The summed E-state index contributed by atoms with van der Waals surface area (Å²) in [5, 5.41) is 9.08. The van der Waals surface area contributed by atoms with E-state index >= 15 is 0 Å². The van der Waals surface area contributed by atoms with E-state index in [2.05, 4.69) is 4.98 Å². The second-order valence-electron chi connectivity index (χ2n) is 5.12. The molecule has 0 aliphatic carbocycles. The van der Waals surface area contributed by atoms with Gasteiger partial charge in [-0.2, -0.15) is 4.98 Å². The molecule has 0 saturated heterocycles. The highest BCUT2D eigenvalue weighted by Crippen LogP contribution is 2.14. The zero-order valence-electron chi connectivity index (χ0n) is 13.2. The van der Waals surface area contributed by atoms with Crippen molar-refractivity contribution in [3.05, 3.63) is 27.4 Å². The third-order valence-electron chi connectivity index (χ3n) is 3.25. The van der Waals surface area contributed by atoms with Crippen molar-refractivity contribution in [2.75, 3.05) is 6.61 Å². The summed E-state index contributed by atoms with van der Waals surface area (Å²) in [5.41, 5.74) is 1.67. The van der Waals surface area contributed by atoms with Gasteiger partial charge >= 0.3 is 11.7 Å². The number of aromatic nitrogens is 2. The molecule has 118 valence electrons. The van der Waals surface area contributed by atoms with Crippen LogP contribution in [0.2, 0.25) is 0 Å². The molecule has 21 heavy (non-hydrogen) atoms. The van der Waals surface area contributed by atoms with E-state index in [1.54, 1.807) is 4.57 Å². The van der Waals surface area contributed by atoms with Crippen LogP contribution in [0.3, 0.4) is 0 Å². The molecule has 0 amide bonds. The van der Waals surface area contributed by atoms with Crippen molar-refractivity contribution in [1.29, 1.82) is 0 Å². The van der Waals surface area contributed by atoms with Gasteiger partial charge in [-0.1, -0.05) is 13.8 Å². The molecule has 1 N–H and O–H groups in total. The van der Waals surface area contributed by atoms with E-state index in [0.29, 0.717) is 37.3 Å². The number of carbonyl (C=O) groups is 1. The molecule has 0 spiro atoms. The molecule has 1 aromatic rings. The first-order chi connectivity index (χ1) is 9.90. The maximum atomic E-state index is 12.1. The number of hydrogen-bond acceptors (Lipinski definition) is 4. The average molecular weight is 296 g/mol. The van der Waals surface area contributed by atoms with E-state index < -0.39 is 5.97 Å². The smallest absolute Gasteiger partial charge is 0.348 e. The van der Waals surface area contributed by atoms with Gasteiger partial charge in [-0.25, -0.2) is 4.79 Å². The maximum absolute atomic E-state index is 12.1. The highest BCUT2D eigenvalue weighted by atomic mass is 16.5. The van der Waals surface area contributed by atoms with Crippen molar-refractivity contribution in [2.24, 2.45) is 0 Å². The van der Waals surface area contributed by atoms with Crippen LogP contribution >= 0.6 is 0 Å². The molecule has 0 aliphatic rings. The van der Waals surface area contributed by atoms with Crippen molar-refractivity contribution >= 4 is 5.97 Å². The molecule has 0 radical (unpaired) electrons. The Hall–Kier alpha value is -1.69. The lowest BCUT2D eigenvalue weighted by molar-refractivity contribution is -0.136. The number of nitrogens with zero attached hydrogens (tertiary/aromatic N) is 2. The number of aryl methyl sites for hydroxylation is 1. The van der Waals surface area contributed by atoms with E-state index in [1.807, 2.05) is 27.7 Å². The van der Waals surface area contributed by atoms with Crippen LogP contribution in [0.1, 0.15) is 44.6 Å². The van der Waals surface area contributed by atoms with Gasteiger partial charge in [0.2, 0.25) is 0 Å². The minimum Gasteiger partial charge on any atom is -0.481 e. The topological polar surface area (TPSA) is 81.4 Å². The van der Waals surface area contributed by atoms with Gasteiger partial charge in [0.15, 0.2) is 0 Å². The van der Waals surface area contributed by atoms with E-state index in [9.17, 15) is 9.59 Å². The van der Waals surface area contributed by atoms with Crippen LogP contribution in [0.15, 0.2) is 4.79 Å². The van der Waals surface area contributed by atoms with Crippen molar-refractivity contribution in [3.8, 4) is 0 Å². The standard InChI is InChI=1S/C15H24N2O4/c1-5-12-11(9-14(18)19)13(6-2)17(15(20)16-12)7-8-21-10(3)4/h10H,5-9H2,1-4H3,(H,18,19). The zero-order chi connectivity index (χ0) is 16.0. The van der Waals surface area contributed by atoms with Gasteiger partial charge in [-0.3, -0.25) is 9.36 Å². The fourth-order valence-corrected chi connectivity index (χ4v) is 2.35. The molecule has 1 rings (SSSR count). The van der Waals surface area contributed by atoms with Crippen LogP contribution in [-0.4, -0.2) is 33.3 Å². The minimum absolute atomic E-state index is 0.0899. The lowest BCUT2D eigenvalue weighted by Crippen LogP contribution is -2.32. The van der Waals surface area contributed by atoms with E-state index in [-0.39, 0.29) is 18.2 Å². The summed E-state index contributed by atoms with van der Waals surface area (Å²) in [7, 11) is 0. The summed E-state index contributed by atoms with van der Waals surface area (Å²) in [6, 6.07) is 0. The van der Waals surface area contributed by atoms with Gasteiger partial charge < -0.3 is 9.84 Å². The molecule has 1 heterocycles. The second kappa shape index (κ2) is 7.93. The second-order valence-corrected chi connectivity index (χ2v) is 5.12. The Balaban J connectivity index is 3.22. The summed E-state index contributed by atoms with van der Waals surface area (Å²) in [6.07, 6.45) is 1.13. The number of carboxylic acids is 1. The first-order valence-electron chi connectivity index (χ1n) is 7.35. The molecule has 0 aromatic carbocycles. The molecule has 0 aliphatic heterocycles. The molecule has 6 heteroatoms. The van der Waals surface area contributed by atoms with Gasteiger partial charge in [-0.15, -0.1) is 0 Å². The molecular formula is C15H24N2O4. The fraction of sp³-hybridized carbons (Fsp3) is 0.667. The maximum Gasteiger partial charge on any atom is 0.348 e. The third-order valence-corrected chi connectivity index (χ3v) is 3.25. The lowest BCUT2D eigenvalue weighted by atomic mass is 10.0. The Morgan fingerprint density at radius 1 is 1.33 bits per heavy atom. The summed E-state index contributed by atoms with van der Waals surface area (Å²) < 4.78 is 7.02. The molecule has 0 bridgehead atoms. The minimum atomic E-state index is -0.912. The average Bonchev–Trinajstić information content (AvgIpc) is 2.40. The number of rotatable bonds is 8. The Morgan fingerprint density at radius 3 is 2.48 bits per heavy atom. The first-order valence-corrected chi connectivity index (χ1v) is 7.35. The van der Waals surface area contributed by atoms with Crippen molar-refractivity contribution in [3.63, 3.8) is 0 Å². The molecular weight excluding hydrogens is 272 g/mol. The molecule has 1 aromatic heterocycles. The predicted octanol–water partition coefficient (Wildman–Crippen LogP) is 1.42. The Kier molecular flexibility index (Phi) is 6.55. The lowest BCUT2D eigenvalue weighted by Gasteiger charge is -2.18. The molecule has 0 unspecified atom stereocenters. The Bertz CT molecular complexity index is 549. The molecule has 0 atom stereocenters. The quantitative estimate of drug-likeness (QED) is 0.784. The van der Waals surface area contributed by atoms with Crippen molar-refractivity contribution in [1.82, 2.24) is 9.55 Å². The van der Waals surface area contributed by atoms with Gasteiger partial charge in [0.05, 0.1) is 31.4 Å². The van der Waals surface area contributed by atoms with Crippen LogP contribution < -0.4 is 5.69 Å². The van der Waals surface area contributed by atoms with Gasteiger partial charge in [0.1, 0.15) is 0 Å². The van der Waals surface area contributed by atoms with Gasteiger partial charge in [0.25, 0.3) is 0 Å². The molecule has 6 nitrogen and oxygen atoms in total. The Morgan fingerprint density at radius 2 is 2.00 bits per heavy atom. The molecule has 0 saturated carbocycles. The number of carboxylic acid groups (broad SMARTS) is 1. The summed E-state index contributed by atoms with van der Waals surface area (Å²) >= 11 is 0. The van der Waals surface area contributed by atoms with Crippen LogP contribution in [0.25, 0.3) is 0 Å². The normalized spacial score (nSPS) is 11.1. The van der Waals surface area contributed by atoms with Crippen LogP contribution in [-0.2, 0) is 35.3 Å². The van der Waals surface area contributed by atoms with E-state index in [0.717, 1.165) is 5.69 Å². The van der Waals surface area contributed by atoms with E-state index in [1.165, 1.54) is 0 Å². The Labute approximate surface area is 124 Å². The predicted molar refractivity (Wildman–Crippen MR) is 79.7 cm³/mol. The monoisotopic (exact) mass is 296 g/mol. The highest BCUT2D eigenvalue weighted by Gasteiger charge is 2.17. The SMILES string of the molecule is CCc1nc(=O)n(CCOC(C)C)c(CC)c1CC(=O)O. The molecule has 0 fully saturated rings. The summed E-state index contributed by atoms with van der Waals surface area (Å²) in [6.45, 7) is 8.45. The van der Waals surface area contributed by atoms with Crippen LogP contribution in [0.4, 0.5) is 0 Å². The fourth-order valence-electron chi connectivity index (χ4n) is 2.35. The van der Waals surface area contributed by atoms with Crippen LogP contribution in [0.5, 0.6) is 0 Å². The summed E-state index contributed by atoms with van der Waals surface area (Å²) in [5.74, 6) is -0.912. The first kappa shape index (κ1) is 17.4. The van der Waals surface area contributed by atoms with Crippen LogP contribution in [0, 0.1) is 0 Å². The largest absolute Gasteiger partial charge is 0.481 e. The van der Waals surface area contributed by atoms with Crippen molar-refractivity contribution < 1.29 is 14.6 Å².